The SMILES string of the molecule is CN(C)C=Nc1ccc(-n2cccc2)cc1C#N. The van der Waals surface area contributed by atoms with Crippen molar-refractivity contribution >= 4 is 12.0 Å². The Bertz CT molecular complexity index is 589. The van der Waals surface area contributed by atoms with Gasteiger partial charge < -0.3 is 9.47 Å². The molecule has 0 N–H and O–H groups in total. The Labute approximate surface area is 106 Å². The molecule has 0 bridgehead atoms. The number of rotatable bonds is 3. The fourth-order valence-corrected chi connectivity index (χ4v) is 1.57. The van der Waals surface area contributed by atoms with Crippen LogP contribution in [0.3, 0.4) is 0 Å². The van der Waals surface area contributed by atoms with Gasteiger partial charge in [0.05, 0.1) is 17.6 Å². The average molecular weight is 238 g/mol. The first-order valence-corrected chi connectivity index (χ1v) is 5.59. The number of aromatic nitrogens is 1. The molecule has 0 unspecified atom stereocenters. The van der Waals surface area contributed by atoms with E-state index >= 15 is 0 Å². The minimum absolute atomic E-state index is 0.569. The predicted octanol–water partition coefficient (Wildman–Crippen LogP) is 2.57. The highest BCUT2D eigenvalue weighted by Crippen LogP contribution is 2.21. The van der Waals surface area contributed by atoms with E-state index in [1.165, 1.54) is 0 Å². The van der Waals surface area contributed by atoms with Crippen molar-refractivity contribution in [3.05, 3.63) is 48.3 Å². The molecule has 1 heterocycles. The van der Waals surface area contributed by atoms with E-state index in [-0.39, 0.29) is 0 Å². The van der Waals surface area contributed by atoms with Gasteiger partial charge in [-0.25, -0.2) is 4.99 Å². The van der Waals surface area contributed by atoms with Gasteiger partial charge in [0.1, 0.15) is 6.07 Å². The van der Waals surface area contributed by atoms with Gasteiger partial charge in [-0.05, 0) is 30.3 Å². The van der Waals surface area contributed by atoms with Crippen molar-refractivity contribution in [2.75, 3.05) is 14.1 Å². The topological polar surface area (TPSA) is 44.3 Å². The lowest BCUT2D eigenvalue weighted by atomic mass is 10.1. The van der Waals surface area contributed by atoms with Crippen LogP contribution in [0, 0.1) is 11.3 Å². The number of benzene rings is 1. The lowest BCUT2D eigenvalue weighted by Gasteiger charge is -2.06. The van der Waals surface area contributed by atoms with Crippen molar-refractivity contribution < 1.29 is 0 Å². The molecule has 0 radical (unpaired) electrons. The number of nitriles is 1. The van der Waals surface area contributed by atoms with E-state index < -0.39 is 0 Å². The van der Waals surface area contributed by atoms with E-state index in [9.17, 15) is 0 Å². The summed E-state index contributed by atoms with van der Waals surface area (Å²) < 4.78 is 1.96. The predicted molar refractivity (Wildman–Crippen MR) is 72.3 cm³/mol. The Kier molecular flexibility index (Phi) is 3.44. The first kappa shape index (κ1) is 11.9. The lowest BCUT2D eigenvalue weighted by molar-refractivity contribution is 0.643. The lowest BCUT2D eigenvalue weighted by Crippen LogP contribution is -2.07. The molecule has 0 spiro atoms. The molecule has 0 amide bonds. The van der Waals surface area contributed by atoms with Crippen molar-refractivity contribution in [1.82, 2.24) is 9.47 Å². The second-order valence-electron chi connectivity index (χ2n) is 4.11. The molecule has 2 rings (SSSR count). The second kappa shape index (κ2) is 5.19. The third-order valence-electron chi connectivity index (χ3n) is 2.43. The van der Waals surface area contributed by atoms with Gasteiger partial charge in [0, 0.05) is 32.2 Å². The molecule has 0 atom stereocenters. The van der Waals surface area contributed by atoms with E-state index in [1.54, 1.807) is 6.34 Å². The van der Waals surface area contributed by atoms with E-state index in [0.717, 1.165) is 5.69 Å². The third-order valence-corrected chi connectivity index (χ3v) is 2.43. The second-order valence-corrected chi connectivity index (χ2v) is 4.11. The van der Waals surface area contributed by atoms with Gasteiger partial charge in [-0.1, -0.05) is 0 Å². The van der Waals surface area contributed by atoms with Gasteiger partial charge in [0.2, 0.25) is 0 Å². The molecule has 2 aromatic rings. The average Bonchev–Trinajstić information content (AvgIpc) is 2.90. The zero-order valence-corrected chi connectivity index (χ0v) is 10.4. The van der Waals surface area contributed by atoms with Crippen molar-refractivity contribution in [2.24, 2.45) is 4.99 Å². The summed E-state index contributed by atoms with van der Waals surface area (Å²) in [5.41, 5.74) is 2.21. The molecule has 0 saturated heterocycles. The first-order valence-electron chi connectivity index (χ1n) is 5.59. The summed E-state index contributed by atoms with van der Waals surface area (Å²) in [5, 5.41) is 9.16. The largest absolute Gasteiger partial charge is 0.369 e. The van der Waals surface area contributed by atoms with Crippen LogP contribution in [0.25, 0.3) is 5.69 Å². The summed E-state index contributed by atoms with van der Waals surface area (Å²) in [4.78, 5) is 6.10. The van der Waals surface area contributed by atoms with Crippen LogP contribution >= 0.6 is 0 Å². The maximum atomic E-state index is 9.16. The summed E-state index contributed by atoms with van der Waals surface area (Å²) in [5.74, 6) is 0. The molecule has 90 valence electrons. The molecular weight excluding hydrogens is 224 g/mol. The fraction of sp³-hybridized carbons (Fsp3) is 0.143. The minimum Gasteiger partial charge on any atom is -0.369 e. The van der Waals surface area contributed by atoms with Gasteiger partial charge in [0.15, 0.2) is 0 Å². The number of nitrogens with zero attached hydrogens (tertiary/aromatic N) is 4. The summed E-state index contributed by atoms with van der Waals surface area (Å²) in [7, 11) is 3.79. The number of hydrogen-bond acceptors (Lipinski definition) is 2. The van der Waals surface area contributed by atoms with E-state index in [4.69, 9.17) is 5.26 Å². The van der Waals surface area contributed by atoms with Crippen molar-refractivity contribution in [1.29, 1.82) is 5.26 Å². The molecule has 0 saturated carbocycles. The first-order chi connectivity index (χ1) is 8.70. The summed E-state index contributed by atoms with van der Waals surface area (Å²) in [6.45, 7) is 0. The van der Waals surface area contributed by atoms with Crippen LogP contribution in [0.1, 0.15) is 5.56 Å². The summed E-state index contributed by atoms with van der Waals surface area (Å²) >= 11 is 0. The van der Waals surface area contributed by atoms with Crippen LogP contribution in [-0.2, 0) is 0 Å². The van der Waals surface area contributed by atoms with Crippen LogP contribution in [0.2, 0.25) is 0 Å². The van der Waals surface area contributed by atoms with Gasteiger partial charge in [-0.2, -0.15) is 5.26 Å². The molecule has 4 nitrogen and oxygen atoms in total. The molecule has 0 aliphatic heterocycles. The molecule has 0 aliphatic carbocycles. The molecular formula is C14H14N4. The van der Waals surface area contributed by atoms with Crippen LogP contribution in [0.5, 0.6) is 0 Å². The molecule has 1 aromatic carbocycles. The molecule has 0 aliphatic rings. The Balaban J connectivity index is 2.39. The van der Waals surface area contributed by atoms with Crippen molar-refractivity contribution in [3.63, 3.8) is 0 Å². The smallest absolute Gasteiger partial charge is 0.101 e. The minimum atomic E-state index is 0.569. The normalized spacial score (nSPS) is 10.5. The standard InChI is InChI=1S/C14H14N4/c1-17(2)11-16-14-6-5-13(9-12(14)10-15)18-7-3-4-8-18/h3-9,11H,1-2H3. The third kappa shape index (κ3) is 2.58. The Morgan fingerprint density at radius 1 is 1.28 bits per heavy atom. The highest BCUT2D eigenvalue weighted by Gasteiger charge is 2.03. The highest BCUT2D eigenvalue weighted by molar-refractivity contribution is 5.66. The maximum absolute atomic E-state index is 9.16. The van der Waals surface area contributed by atoms with Crippen LogP contribution in [0.15, 0.2) is 47.7 Å². The van der Waals surface area contributed by atoms with Gasteiger partial charge in [-0.15, -0.1) is 0 Å². The van der Waals surface area contributed by atoms with E-state index in [2.05, 4.69) is 11.1 Å². The highest BCUT2D eigenvalue weighted by atomic mass is 15.1. The van der Waals surface area contributed by atoms with Gasteiger partial charge in [-0.3, -0.25) is 0 Å². The molecule has 4 heteroatoms. The van der Waals surface area contributed by atoms with Crippen molar-refractivity contribution in [2.45, 2.75) is 0 Å². The number of hydrogen-bond donors (Lipinski definition) is 0. The van der Waals surface area contributed by atoms with Crippen LogP contribution < -0.4 is 0 Å². The Morgan fingerprint density at radius 2 is 2.00 bits per heavy atom. The summed E-state index contributed by atoms with van der Waals surface area (Å²) in [6.07, 6.45) is 5.57. The van der Waals surface area contributed by atoms with E-state index in [0.29, 0.717) is 11.3 Å². The monoisotopic (exact) mass is 238 g/mol. The Morgan fingerprint density at radius 3 is 2.61 bits per heavy atom. The zero-order valence-electron chi connectivity index (χ0n) is 10.4. The number of aliphatic imine (C=N–C) groups is 1. The van der Waals surface area contributed by atoms with Crippen molar-refractivity contribution in [3.8, 4) is 11.8 Å². The fourth-order valence-electron chi connectivity index (χ4n) is 1.57. The maximum Gasteiger partial charge on any atom is 0.101 e. The summed E-state index contributed by atoms with van der Waals surface area (Å²) in [6, 6.07) is 11.7. The Hall–Kier alpha value is -2.54. The quantitative estimate of drug-likeness (QED) is 0.609. The molecule has 18 heavy (non-hydrogen) atoms. The van der Waals surface area contributed by atoms with Crippen LogP contribution in [-0.4, -0.2) is 29.9 Å². The molecule has 1 aromatic heterocycles. The van der Waals surface area contributed by atoms with Gasteiger partial charge >= 0.3 is 0 Å². The van der Waals surface area contributed by atoms with E-state index in [1.807, 2.05) is 66.3 Å². The zero-order chi connectivity index (χ0) is 13.0. The molecule has 0 fully saturated rings. The van der Waals surface area contributed by atoms with Crippen LogP contribution in [0.4, 0.5) is 5.69 Å². The van der Waals surface area contributed by atoms with Gasteiger partial charge in [0.25, 0.3) is 0 Å².